The summed E-state index contributed by atoms with van der Waals surface area (Å²) in [5.74, 6) is 0.664. The lowest BCUT2D eigenvalue weighted by atomic mass is 10.5. The Labute approximate surface area is 63.5 Å². The maximum atomic E-state index is 10.5. The van der Waals surface area contributed by atoms with Gasteiger partial charge in [0.1, 0.15) is 11.6 Å². The molecule has 0 spiro atoms. The van der Waals surface area contributed by atoms with Crippen molar-refractivity contribution < 1.29 is 9.90 Å². The molecule has 11 heavy (non-hydrogen) atoms. The molecule has 60 valence electrons. The summed E-state index contributed by atoms with van der Waals surface area (Å²) in [5, 5.41) is 8.63. The number of nitrogens with zero attached hydrogens (tertiary/aromatic N) is 2. The first-order valence-corrected chi connectivity index (χ1v) is 3.08. The Morgan fingerprint density at radius 3 is 2.36 bits per heavy atom. The minimum Gasteiger partial charge on any atom is -0.464 e. The van der Waals surface area contributed by atoms with Gasteiger partial charge in [0.05, 0.1) is 5.69 Å². The summed E-state index contributed by atoms with van der Waals surface area (Å²) < 4.78 is 1.05. The summed E-state index contributed by atoms with van der Waals surface area (Å²) in [4.78, 5) is 14.3. The molecule has 0 aliphatic rings. The summed E-state index contributed by atoms with van der Waals surface area (Å²) in [5.41, 5.74) is 5.85. The van der Waals surface area contributed by atoms with Gasteiger partial charge in [-0.25, -0.2) is 14.3 Å². The van der Waals surface area contributed by atoms with Crippen molar-refractivity contribution in [3.8, 4) is 0 Å². The quantitative estimate of drug-likeness (QED) is 0.575. The van der Waals surface area contributed by atoms with Crippen LogP contribution in [-0.2, 0) is 0 Å². The lowest BCUT2D eigenvalue weighted by Gasteiger charge is -1.97. The van der Waals surface area contributed by atoms with Gasteiger partial charge in [-0.2, -0.15) is 0 Å². The third-order valence-corrected chi connectivity index (χ3v) is 1.50. The SMILES string of the molecule is Cc1nc(N)c(C)n1C(=O)O. The fourth-order valence-corrected chi connectivity index (χ4v) is 0.944. The number of aromatic nitrogens is 2. The van der Waals surface area contributed by atoms with Crippen molar-refractivity contribution in [3.63, 3.8) is 0 Å². The van der Waals surface area contributed by atoms with E-state index in [1.54, 1.807) is 13.8 Å². The molecule has 0 saturated heterocycles. The Balaban J connectivity index is 3.34. The van der Waals surface area contributed by atoms with Gasteiger partial charge in [0.15, 0.2) is 0 Å². The van der Waals surface area contributed by atoms with Crippen LogP contribution < -0.4 is 5.73 Å². The minimum atomic E-state index is -1.05. The average molecular weight is 155 g/mol. The normalized spacial score (nSPS) is 10.0. The largest absolute Gasteiger partial charge is 0.464 e. The van der Waals surface area contributed by atoms with Crippen LogP contribution in [0.1, 0.15) is 11.5 Å². The van der Waals surface area contributed by atoms with Crippen LogP contribution in [-0.4, -0.2) is 20.8 Å². The van der Waals surface area contributed by atoms with E-state index in [-0.39, 0.29) is 5.82 Å². The van der Waals surface area contributed by atoms with Gasteiger partial charge in [-0.3, -0.25) is 0 Å². The number of nitrogens with two attached hydrogens (primary N) is 1. The molecule has 0 radical (unpaired) electrons. The van der Waals surface area contributed by atoms with Crippen molar-refractivity contribution in [3.05, 3.63) is 11.5 Å². The molecule has 5 nitrogen and oxygen atoms in total. The highest BCUT2D eigenvalue weighted by Gasteiger charge is 2.12. The number of rotatable bonds is 0. The Kier molecular flexibility index (Phi) is 1.56. The number of aryl methyl sites for hydroxylation is 1. The molecule has 0 atom stereocenters. The molecule has 5 heteroatoms. The van der Waals surface area contributed by atoms with Crippen LogP contribution in [0, 0.1) is 13.8 Å². The number of hydrogen-bond acceptors (Lipinski definition) is 3. The Hall–Kier alpha value is -1.52. The number of nitrogen functional groups attached to an aromatic ring is 1. The first-order chi connectivity index (χ1) is 5.04. The van der Waals surface area contributed by atoms with E-state index in [1.807, 2.05) is 0 Å². The molecule has 0 fully saturated rings. The lowest BCUT2D eigenvalue weighted by Crippen LogP contribution is -2.11. The van der Waals surface area contributed by atoms with Crippen LogP contribution in [0.4, 0.5) is 10.6 Å². The maximum Gasteiger partial charge on any atom is 0.417 e. The Morgan fingerprint density at radius 2 is 2.18 bits per heavy atom. The highest BCUT2D eigenvalue weighted by Crippen LogP contribution is 2.10. The maximum absolute atomic E-state index is 10.5. The number of carboxylic acid groups (broad SMARTS) is 1. The minimum absolute atomic E-state index is 0.268. The summed E-state index contributed by atoms with van der Waals surface area (Å²) in [6, 6.07) is 0. The predicted molar refractivity (Wildman–Crippen MR) is 39.5 cm³/mol. The molecule has 0 aromatic carbocycles. The van der Waals surface area contributed by atoms with Crippen LogP contribution in [0.3, 0.4) is 0 Å². The van der Waals surface area contributed by atoms with Crippen molar-refractivity contribution in [2.75, 3.05) is 5.73 Å². The number of carbonyl (C=O) groups is 1. The molecule has 0 unspecified atom stereocenters. The molecular formula is C6H9N3O2. The first kappa shape index (κ1) is 7.59. The summed E-state index contributed by atoms with van der Waals surface area (Å²) in [7, 11) is 0. The summed E-state index contributed by atoms with van der Waals surface area (Å²) in [6.45, 7) is 3.21. The van der Waals surface area contributed by atoms with Crippen molar-refractivity contribution in [1.29, 1.82) is 0 Å². The van der Waals surface area contributed by atoms with E-state index in [0.29, 0.717) is 11.5 Å². The van der Waals surface area contributed by atoms with Crippen molar-refractivity contribution in [2.24, 2.45) is 0 Å². The van der Waals surface area contributed by atoms with Crippen LogP contribution in [0.15, 0.2) is 0 Å². The van der Waals surface area contributed by atoms with E-state index in [9.17, 15) is 4.79 Å². The number of hydrogen-bond donors (Lipinski definition) is 2. The van der Waals surface area contributed by atoms with Crippen molar-refractivity contribution >= 4 is 11.9 Å². The second kappa shape index (κ2) is 2.26. The average Bonchev–Trinajstić information content (AvgIpc) is 2.07. The predicted octanol–water partition coefficient (Wildman–Crippen LogP) is 0.608. The zero-order valence-electron chi connectivity index (χ0n) is 6.33. The van der Waals surface area contributed by atoms with Gasteiger partial charge in [0.2, 0.25) is 0 Å². The molecule has 0 bridgehead atoms. The van der Waals surface area contributed by atoms with E-state index in [4.69, 9.17) is 10.8 Å². The number of anilines is 1. The molecule has 1 aromatic heterocycles. The molecule has 1 rings (SSSR count). The van der Waals surface area contributed by atoms with Gasteiger partial charge in [-0.1, -0.05) is 0 Å². The van der Waals surface area contributed by atoms with Crippen LogP contribution in [0.25, 0.3) is 0 Å². The van der Waals surface area contributed by atoms with Gasteiger partial charge in [0.25, 0.3) is 0 Å². The highest BCUT2D eigenvalue weighted by atomic mass is 16.4. The van der Waals surface area contributed by atoms with E-state index in [1.165, 1.54) is 0 Å². The van der Waals surface area contributed by atoms with E-state index < -0.39 is 6.09 Å². The third kappa shape index (κ3) is 1.04. The standard InChI is InChI=1S/C6H9N3O2/c1-3-5(7)8-4(2)9(3)6(10)11/h7H2,1-2H3,(H,10,11). The smallest absolute Gasteiger partial charge is 0.417 e. The molecule has 0 aliphatic heterocycles. The molecule has 1 aromatic rings. The molecule has 0 aliphatic carbocycles. The van der Waals surface area contributed by atoms with Crippen LogP contribution >= 0.6 is 0 Å². The molecule has 1 heterocycles. The first-order valence-electron chi connectivity index (χ1n) is 3.08. The van der Waals surface area contributed by atoms with Gasteiger partial charge in [-0.15, -0.1) is 0 Å². The van der Waals surface area contributed by atoms with E-state index >= 15 is 0 Å². The zero-order valence-corrected chi connectivity index (χ0v) is 6.33. The van der Waals surface area contributed by atoms with E-state index in [2.05, 4.69) is 4.98 Å². The topological polar surface area (TPSA) is 81.1 Å². The monoisotopic (exact) mass is 155 g/mol. The lowest BCUT2D eigenvalue weighted by molar-refractivity contribution is 0.195. The van der Waals surface area contributed by atoms with Gasteiger partial charge in [-0.05, 0) is 13.8 Å². The highest BCUT2D eigenvalue weighted by molar-refractivity contribution is 5.71. The molecular weight excluding hydrogens is 146 g/mol. The van der Waals surface area contributed by atoms with Crippen LogP contribution in [0.2, 0.25) is 0 Å². The second-order valence-electron chi connectivity index (χ2n) is 2.25. The van der Waals surface area contributed by atoms with Gasteiger partial charge < -0.3 is 10.8 Å². The van der Waals surface area contributed by atoms with Crippen LogP contribution in [0.5, 0.6) is 0 Å². The Morgan fingerprint density at radius 1 is 1.64 bits per heavy atom. The van der Waals surface area contributed by atoms with E-state index in [0.717, 1.165) is 4.57 Å². The van der Waals surface area contributed by atoms with Crippen molar-refractivity contribution in [2.45, 2.75) is 13.8 Å². The zero-order chi connectivity index (χ0) is 8.59. The summed E-state index contributed by atoms with van der Waals surface area (Å²) in [6.07, 6.45) is -1.05. The van der Waals surface area contributed by atoms with Crippen molar-refractivity contribution in [1.82, 2.24) is 9.55 Å². The second-order valence-corrected chi connectivity index (χ2v) is 2.25. The number of imidazole rings is 1. The fraction of sp³-hybridized carbons (Fsp3) is 0.333. The summed E-state index contributed by atoms with van der Waals surface area (Å²) >= 11 is 0. The van der Waals surface area contributed by atoms with Gasteiger partial charge in [0, 0.05) is 0 Å². The molecule has 0 amide bonds. The molecule has 0 saturated carbocycles. The fourth-order valence-electron chi connectivity index (χ4n) is 0.944. The third-order valence-electron chi connectivity index (χ3n) is 1.50. The van der Waals surface area contributed by atoms with Gasteiger partial charge >= 0.3 is 6.09 Å². The molecule has 3 N–H and O–H groups in total. The Bertz CT molecular complexity index is 303.